The van der Waals surface area contributed by atoms with Crippen LogP contribution in [0.4, 0.5) is 0 Å². The zero-order valence-electron chi connectivity index (χ0n) is 18.8. The highest BCUT2D eigenvalue weighted by atomic mass is 127. The Hall–Kier alpha value is -1.60. The molecular formula is C27H31IN2O2. The van der Waals surface area contributed by atoms with Crippen LogP contribution in [-0.2, 0) is 11.8 Å². The number of benzene rings is 2. The first-order valence-electron chi connectivity index (χ1n) is 11.9. The number of halogens is 1. The summed E-state index contributed by atoms with van der Waals surface area (Å²) in [5.74, 6) is 1.58. The van der Waals surface area contributed by atoms with Crippen molar-refractivity contribution >= 4 is 28.5 Å². The minimum absolute atomic E-state index is 0.116. The Bertz CT molecular complexity index is 1060. The van der Waals surface area contributed by atoms with Crippen molar-refractivity contribution in [3.05, 3.63) is 65.2 Å². The lowest BCUT2D eigenvalue weighted by Crippen LogP contribution is -2.69. The van der Waals surface area contributed by atoms with E-state index in [4.69, 9.17) is 4.74 Å². The Balaban J connectivity index is 1.48. The van der Waals surface area contributed by atoms with Crippen LogP contribution in [0.3, 0.4) is 0 Å². The number of ether oxygens (including phenoxy) is 1. The highest BCUT2D eigenvalue weighted by Crippen LogP contribution is 2.72. The second kappa shape index (κ2) is 7.45. The van der Waals surface area contributed by atoms with Crippen LogP contribution < -0.4 is 10.1 Å². The molecule has 5 unspecified atom stereocenters. The molecule has 0 radical (unpaired) electrons. The highest BCUT2D eigenvalue weighted by molar-refractivity contribution is 14.1. The number of fused-ring (bicyclic) bond motifs is 1. The van der Waals surface area contributed by atoms with Gasteiger partial charge in [-0.2, -0.15) is 0 Å². The zero-order chi connectivity index (χ0) is 22.1. The molecule has 0 aromatic heterocycles. The van der Waals surface area contributed by atoms with Gasteiger partial charge in [-0.1, -0.05) is 46.9 Å². The number of carbonyl (C=O) groups is 1. The number of alkyl halides is 1. The maximum atomic E-state index is 13.5. The molecule has 5 heteroatoms. The van der Waals surface area contributed by atoms with E-state index in [9.17, 15) is 4.79 Å². The summed E-state index contributed by atoms with van der Waals surface area (Å²) in [7, 11) is 3.81. The quantitative estimate of drug-likeness (QED) is 0.456. The normalized spacial score (nSPS) is 36.7. The van der Waals surface area contributed by atoms with Crippen LogP contribution in [0.15, 0.2) is 48.5 Å². The monoisotopic (exact) mass is 542 g/mol. The summed E-state index contributed by atoms with van der Waals surface area (Å²) in [6.45, 7) is 1.06. The van der Waals surface area contributed by atoms with Crippen molar-refractivity contribution in [1.82, 2.24) is 10.2 Å². The van der Waals surface area contributed by atoms with E-state index in [1.165, 1.54) is 24.0 Å². The van der Waals surface area contributed by atoms with E-state index >= 15 is 0 Å². The van der Waals surface area contributed by atoms with Crippen LogP contribution in [0.2, 0.25) is 0 Å². The van der Waals surface area contributed by atoms with Gasteiger partial charge in [0, 0.05) is 40.0 Å². The number of piperidine rings is 1. The van der Waals surface area contributed by atoms with Gasteiger partial charge in [-0.05, 0) is 79.5 Å². The van der Waals surface area contributed by atoms with E-state index in [0.29, 0.717) is 15.9 Å². The van der Waals surface area contributed by atoms with E-state index < -0.39 is 0 Å². The average molecular weight is 542 g/mol. The Morgan fingerprint density at radius 3 is 2.78 bits per heavy atom. The number of nitrogens with zero attached hydrogens (tertiary/aromatic N) is 1. The van der Waals surface area contributed by atoms with Gasteiger partial charge in [-0.15, -0.1) is 0 Å². The summed E-state index contributed by atoms with van der Waals surface area (Å²) in [4.78, 5) is 15.6. The number of hydrogen-bond acceptors (Lipinski definition) is 3. The molecule has 3 aliphatic carbocycles. The highest BCUT2D eigenvalue weighted by Gasteiger charge is 2.73. The minimum atomic E-state index is 0.116. The van der Waals surface area contributed by atoms with Gasteiger partial charge in [0.1, 0.15) is 5.75 Å². The molecule has 1 amide bonds. The van der Waals surface area contributed by atoms with Crippen molar-refractivity contribution in [2.75, 3.05) is 20.7 Å². The lowest BCUT2D eigenvalue weighted by atomic mass is 9.44. The van der Waals surface area contributed by atoms with E-state index in [0.717, 1.165) is 37.1 Å². The Morgan fingerprint density at radius 1 is 1.19 bits per heavy atom. The molecule has 4 nitrogen and oxygen atoms in total. The third-order valence-corrected chi connectivity index (χ3v) is 10.6. The molecule has 1 N–H and O–H groups in total. The van der Waals surface area contributed by atoms with Gasteiger partial charge >= 0.3 is 0 Å². The fourth-order valence-electron chi connectivity index (χ4n) is 8.17. The van der Waals surface area contributed by atoms with E-state index in [1.54, 1.807) is 7.11 Å². The Morgan fingerprint density at radius 2 is 2.00 bits per heavy atom. The minimum Gasteiger partial charge on any atom is -0.497 e. The number of rotatable bonds is 3. The summed E-state index contributed by atoms with van der Waals surface area (Å²) in [6, 6.07) is 17.4. The third-order valence-electron chi connectivity index (χ3n) is 9.34. The van der Waals surface area contributed by atoms with E-state index in [-0.39, 0.29) is 22.8 Å². The molecule has 1 aliphatic heterocycles. The van der Waals surface area contributed by atoms with Crippen molar-refractivity contribution in [1.29, 1.82) is 0 Å². The van der Waals surface area contributed by atoms with Gasteiger partial charge in [0.2, 0.25) is 0 Å². The van der Waals surface area contributed by atoms with Crippen molar-refractivity contribution in [2.45, 2.75) is 53.5 Å². The van der Waals surface area contributed by atoms with E-state index in [2.05, 4.69) is 51.0 Å². The molecule has 4 bridgehead atoms. The SMILES string of the molecule is COc1ccc2c(c1)C13CCNC(C2)C12CCC(N(C)C(=O)c1ccccc1)C3[C@@H](I)C2. The second-order valence-electron chi connectivity index (χ2n) is 10.2. The number of hydrogen-bond donors (Lipinski definition) is 1. The summed E-state index contributed by atoms with van der Waals surface area (Å²) >= 11 is 2.73. The second-order valence-corrected chi connectivity index (χ2v) is 11.8. The smallest absolute Gasteiger partial charge is 0.253 e. The molecule has 3 fully saturated rings. The van der Waals surface area contributed by atoms with Gasteiger partial charge in [0.15, 0.2) is 0 Å². The van der Waals surface area contributed by atoms with Crippen LogP contribution in [0, 0.1) is 11.3 Å². The molecule has 1 saturated heterocycles. The largest absolute Gasteiger partial charge is 0.497 e. The zero-order valence-corrected chi connectivity index (χ0v) is 21.0. The Kier molecular flexibility index (Phi) is 4.88. The summed E-state index contributed by atoms with van der Waals surface area (Å²) in [6.07, 6.45) is 5.79. The first kappa shape index (κ1) is 21.0. The first-order valence-corrected chi connectivity index (χ1v) is 13.1. The summed E-state index contributed by atoms with van der Waals surface area (Å²) in [5.41, 5.74) is 4.19. The van der Waals surface area contributed by atoms with Crippen LogP contribution in [0.5, 0.6) is 5.75 Å². The molecule has 2 saturated carbocycles. The van der Waals surface area contributed by atoms with Gasteiger partial charge in [0.25, 0.3) is 5.91 Å². The van der Waals surface area contributed by atoms with E-state index in [1.807, 2.05) is 37.4 Å². The fourth-order valence-corrected chi connectivity index (χ4v) is 10.1. The average Bonchev–Trinajstić information content (AvgIpc) is 3.00. The summed E-state index contributed by atoms with van der Waals surface area (Å²) in [5, 5.41) is 3.93. The third kappa shape index (κ3) is 2.61. The molecule has 6 atom stereocenters. The maximum absolute atomic E-state index is 13.5. The summed E-state index contributed by atoms with van der Waals surface area (Å²) < 4.78 is 6.26. The van der Waals surface area contributed by atoms with Crippen molar-refractivity contribution in [2.24, 2.45) is 11.3 Å². The van der Waals surface area contributed by atoms with Crippen LogP contribution in [0.25, 0.3) is 0 Å². The number of amides is 1. The lowest BCUT2D eigenvalue weighted by molar-refractivity contribution is -0.0488. The van der Waals surface area contributed by atoms with Gasteiger partial charge in [0.05, 0.1) is 7.11 Å². The van der Waals surface area contributed by atoms with Gasteiger partial charge in [-0.25, -0.2) is 0 Å². The molecule has 1 heterocycles. The number of carbonyl (C=O) groups excluding carboxylic acids is 1. The molecule has 2 aromatic carbocycles. The molecule has 32 heavy (non-hydrogen) atoms. The van der Waals surface area contributed by atoms with Crippen molar-refractivity contribution < 1.29 is 9.53 Å². The molecule has 2 aromatic rings. The molecule has 6 rings (SSSR count). The fraction of sp³-hybridized carbons (Fsp3) is 0.519. The predicted octanol–water partition coefficient (Wildman–Crippen LogP) is 4.60. The maximum Gasteiger partial charge on any atom is 0.253 e. The van der Waals surface area contributed by atoms with Crippen LogP contribution in [-0.4, -0.2) is 47.5 Å². The van der Waals surface area contributed by atoms with Crippen LogP contribution in [0.1, 0.15) is 47.2 Å². The molecular weight excluding hydrogens is 511 g/mol. The standard InChI is InChI=1S/C27H31IN2O2/c1-30(25(31)17-6-4-3-5-7-17)22-10-11-26-16-21(28)24(22)27(26)12-13-29-23(26)14-18-8-9-19(32-2)15-20(18)27/h3-9,15,21-24,29H,10-14,16H2,1-2H3/t21-,22?,23?,24?,26?,27?/m0/s1. The number of methoxy groups -OCH3 is 1. The number of nitrogens with one attached hydrogen (secondary N) is 1. The molecule has 0 spiro atoms. The van der Waals surface area contributed by atoms with Gasteiger partial charge < -0.3 is 15.0 Å². The molecule has 4 aliphatic rings. The van der Waals surface area contributed by atoms with Gasteiger partial charge in [-0.3, -0.25) is 4.79 Å². The molecule has 168 valence electrons. The first-order chi connectivity index (χ1) is 15.5. The Labute approximate surface area is 204 Å². The van der Waals surface area contributed by atoms with Crippen LogP contribution >= 0.6 is 22.6 Å². The van der Waals surface area contributed by atoms with Crippen molar-refractivity contribution in [3.63, 3.8) is 0 Å². The predicted molar refractivity (Wildman–Crippen MR) is 135 cm³/mol. The lowest BCUT2D eigenvalue weighted by Gasteiger charge is -2.64. The topological polar surface area (TPSA) is 41.6 Å². The van der Waals surface area contributed by atoms with Crippen molar-refractivity contribution in [3.8, 4) is 5.75 Å².